The van der Waals surface area contributed by atoms with Crippen LogP contribution in [0.3, 0.4) is 0 Å². The Morgan fingerprint density at radius 1 is 1.29 bits per heavy atom. The van der Waals surface area contributed by atoms with E-state index in [1.54, 1.807) is 0 Å². The summed E-state index contributed by atoms with van der Waals surface area (Å²) in [6.07, 6.45) is -2.70. The zero-order valence-corrected chi connectivity index (χ0v) is 14.8. The Bertz CT molecular complexity index is 1040. The second-order valence-corrected chi connectivity index (χ2v) is 6.08. The van der Waals surface area contributed by atoms with Gasteiger partial charge in [-0.2, -0.15) is 18.3 Å². The lowest BCUT2D eigenvalue weighted by atomic mass is 10.2. The molecule has 0 aliphatic carbocycles. The molecular weight excluding hydrogens is 428 g/mol. The Morgan fingerprint density at radius 2 is 1.93 bits per heavy atom. The third kappa shape index (κ3) is 3.66. The van der Waals surface area contributed by atoms with Gasteiger partial charge in [0.05, 0.1) is 26.8 Å². The number of carbonyl (C=O) groups excluding carboxylic acids is 1. The van der Waals surface area contributed by atoms with E-state index in [4.69, 9.17) is 27.6 Å². The maximum absolute atomic E-state index is 12.9. The van der Waals surface area contributed by atoms with Gasteiger partial charge in [0.25, 0.3) is 5.91 Å². The van der Waals surface area contributed by atoms with Crippen molar-refractivity contribution in [3.63, 3.8) is 0 Å². The predicted octanol–water partition coefficient (Wildman–Crippen LogP) is 4.95. The van der Waals surface area contributed by atoms with Crippen LogP contribution in [-0.4, -0.2) is 20.6 Å². The number of hydrogen-bond donors (Lipinski definition) is 1. The van der Waals surface area contributed by atoms with Gasteiger partial charge in [-0.3, -0.25) is 20.2 Å². The van der Waals surface area contributed by atoms with Crippen LogP contribution >= 0.6 is 23.2 Å². The van der Waals surface area contributed by atoms with Crippen LogP contribution in [0.2, 0.25) is 10.0 Å². The lowest BCUT2D eigenvalue weighted by molar-refractivity contribution is -0.384. The molecule has 0 saturated heterocycles. The lowest BCUT2D eigenvalue weighted by Crippen LogP contribution is -2.16. The second kappa shape index (κ2) is 7.17. The summed E-state index contributed by atoms with van der Waals surface area (Å²) in [6, 6.07) is 3.91. The van der Waals surface area contributed by atoms with E-state index in [0.717, 1.165) is 10.9 Å². The number of halogens is 5. The van der Waals surface area contributed by atoms with Crippen LogP contribution in [0.25, 0.3) is 5.69 Å². The molecule has 2 heterocycles. The van der Waals surface area contributed by atoms with E-state index >= 15 is 0 Å². The topological polar surface area (TPSA) is 103 Å². The van der Waals surface area contributed by atoms with E-state index in [9.17, 15) is 28.1 Å². The Hall–Kier alpha value is -3.05. The molecule has 146 valence electrons. The van der Waals surface area contributed by atoms with Gasteiger partial charge in [-0.15, -0.1) is 0 Å². The largest absolute Gasteiger partial charge is 0.459 e. The molecule has 0 aliphatic heterocycles. The van der Waals surface area contributed by atoms with Gasteiger partial charge in [0.15, 0.2) is 5.76 Å². The number of carbonyl (C=O) groups is 1. The third-order valence-electron chi connectivity index (χ3n) is 3.48. The van der Waals surface area contributed by atoms with Crippen LogP contribution in [0.15, 0.2) is 41.1 Å². The van der Waals surface area contributed by atoms with Crippen LogP contribution < -0.4 is 5.32 Å². The zero-order valence-electron chi connectivity index (χ0n) is 13.3. The fourth-order valence-corrected chi connectivity index (χ4v) is 2.92. The second-order valence-electron chi connectivity index (χ2n) is 5.27. The van der Waals surface area contributed by atoms with Gasteiger partial charge in [0.2, 0.25) is 5.82 Å². The normalized spacial score (nSPS) is 11.5. The van der Waals surface area contributed by atoms with Crippen molar-refractivity contribution in [2.24, 2.45) is 0 Å². The van der Waals surface area contributed by atoms with Gasteiger partial charge in [-0.05, 0) is 24.3 Å². The van der Waals surface area contributed by atoms with E-state index in [1.165, 1.54) is 18.4 Å². The number of hydrogen-bond acceptors (Lipinski definition) is 5. The van der Waals surface area contributed by atoms with Crippen molar-refractivity contribution in [2.45, 2.75) is 6.18 Å². The summed E-state index contributed by atoms with van der Waals surface area (Å²) in [6.45, 7) is 0. The Morgan fingerprint density at radius 3 is 2.43 bits per heavy atom. The van der Waals surface area contributed by atoms with Gasteiger partial charge in [0, 0.05) is 0 Å². The number of nitro groups is 1. The molecule has 1 N–H and O–H groups in total. The van der Waals surface area contributed by atoms with Gasteiger partial charge in [-0.25, -0.2) is 4.68 Å². The lowest BCUT2D eigenvalue weighted by Gasteiger charge is -2.14. The van der Waals surface area contributed by atoms with Crippen LogP contribution in [0.1, 0.15) is 16.1 Å². The molecule has 0 aliphatic rings. The molecule has 1 aromatic carbocycles. The highest BCUT2D eigenvalue weighted by Gasteiger charge is 2.33. The third-order valence-corrected chi connectivity index (χ3v) is 4.06. The molecule has 0 saturated carbocycles. The van der Waals surface area contributed by atoms with E-state index in [1.807, 2.05) is 0 Å². The number of nitrogens with one attached hydrogen (secondary N) is 1. The highest BCUT2D eigenvalue weighted by Crippen LogP contribution is 2.39. The number of benzene rings is 1. The summed E-state index contributed by atoms with van der Waals surface area (Å²) in [5.74, 6) is -1.48. The predicted molar refractivity (Wildman–Crippen MR) is 91.9 cm³/mol. The Balaban J connectivity index is 2.13. The summed E-state index contributed by atoms with van der Waals surface area (Å²) in [5.41, 5.74) is -2.03. The van der Waals surface area contributed by atoms with Crippen LogP contribution in [-0.2, 0) is 6.18 Å². The van der Waals surface area contributed by atoms with Crippen molar-refractivity contribution in [1.82, 2.24) is 9.78 Å². The molecule has 28 heavy (non-hydrogen) atoms. The van der Waals surface area contributed by atoms with E-state index in [0.29, 0.717) is 12.1 Å². The summed E-state index contributed by atoms with van der Waals surface area (Å²) < 4.78 is 44.4. The number of alkyl halides is 3. The number of anilines is 1. The molecule has 0 atom stereocenters. The molecule has 8 nitrogen and oxygen atoms in total. The zero-order chi connectivity index (χ0) is 20.6. The molecule has 3 rings (SSSR count). The van der Waals surface area contributed by atoms with E-state index < -0.39 is 44.1 Å². The van der Waals surface area contributed by atoms with Gasteiger partial charge in [0.1, 0.15) is 11.9 Å². The molecule has 3 aromatic rings. The number of nitrogens with zero attached hydrogens (tertiary/aromatic N) is 3. The van der Waals surface area contributed by atoms with Crippen molar-refractivity contribution < 1.29 is 27.3 Å². The summed E-state index contributed by atoms with van der Waals surface area (Å²) in [5, 5.41) is 16.3. The first kappa shape index (κ1) is 19.7. The van der Waals surface area contributed by atoms with Crippen molar-refractivity contribution >= 4 is 40.6 Å². The Kier molecular flexibility index (Phi) is 5.04. The maximum Gasteiger partial charge on any atom is 0.416 e. The van der Waals surface area contributed by atoms with Crippen molar-refractivity contribution in [3.05, 3.63) is 68.2 Å². The minimum Gasteiger partial charge on any atom is -0.459 e. The summed E-state index contributed by atoms with van der Waals surface area (Å²) >= 11 is 11.9. The molecular formula is C15H7Cl2F3N4O4. The maximum atomic E-state index is 12.9. The van der Waals surface area contributed by atoms with Crippen LogP contribution in [0.4, 0.5) is 24.7 Å². The molecule has 0 radical (unpaired) electrons. The summed E-state index contributed by atoms with van der Waals surface area (Å²) in [4.78, 5) is 22.6. The fourth-order valence-electron chi connectivity index (χ4n) is 2.27. The van der Waals surface area contributed by atoms with Crippen molar-refractivity contribution in [1.29, 1.82) is 0 Å². The van der Waals surface area contributed by atoms with Crippen LogP contribution in [0, 0.1) is 10.1 Å². The van der Waals surface area contributed by atoms with Crippen molar-refractivity contribution in [3.8, 4) is 5.69 Å². The SMILES string of the molecule is O=C(Nc1c([N+](=O)[O-])cnn1-c1c(Cl)cc(C(F)(F)F)cc1Cl)c1ccco1. The van der Waals surface area contributed by atoms with Crippen molar-refractivity contribution in [2.75, 3.05) is 5.32 Å². The van der Waals surface area contributed by atoms with E-state index in [-0.39, 0.29) is 11.4 Å². The minimum atomic E-state index is -4.71. The molecule has 0 fully saturated rings. The quantitative estimate of drug-likeness (QED) is 0.462. The van der Waals surface area contributed by atoms with Gasteiger partial charge >= 0.3 is 11.9 Å². The van der Waals surface area contributed by atoms with E-state index in [2.05, 4.69) is 10.4 Å². The number of aromatic nitrogens is 2. The molecule has 2 aromatic heterocycles. The highest BCUT2D eigenvalue weighted by molar-refractivity contribution is 6.38. The average molecular weight is 435 g/mol. The van der Waals surface area contributed by atoms with Crippen LogP contribution in [0.5, 0.6) is 0 Å². The first-order chi connectivity index (χ1) is 13.1. The number of furan rings is 1. The first-order valence-electron chi connectivity index (χ1n) is 7.23. The highest BCUT2D eigenvalue weighted by atomic mass is 35.5. The average Bonchev–Trinajstić information content (AvgIpc) is 3.23. The minimum absolute atomic E-state index is 0.160. The van der Waals surface area contributed by atoms with Gasteiger partial charge < -0.3 is 4.42 Å². The Labute approximate surface area is 163 Å². The number of rotatable bonds is 4. The monoisotopic (exact) mass is 434 g/mol. The fraction of sp³-hybridized carbons (Fsp3) is 0.0667. The molecule has 0 bridgehead atoms. The summed E-state index contributed by atoms with van der Waals surface area (Å²) in [7, 11) is 0. The molecule has 0 spiro atoms. The molecule has 1 amide bonds. The number of amides is 1. The first-order valence-corrected chi connectivity index (χ1v) is 7.99. The molecule has 0 unspecified atom stereocenters. The standard InChI is InChI=1S/C15H7Cl2F3N4O4/c16-8-4-7(15(18,19)20)5-9(17)12(8)23-13(10(6-21-23)24(26)27)22-14(25)11-2-1-3-28-11/h1-6H,(H,22,25). The molecule has 13 heteroatoms. The smallest absolute Gasteiger partial charge is 0.416 e. The van der Waals surface area contributed by atoms with Gasteiger partial charge in [-0.1, -0.05) is 23.2 Å².